The number of hydrogen-bond acceptors (Lipinski definition) is 3. The molecule has 1 aliphatic heterocycles. The Labute approximate surface area is 195 Å². The second kappa shape index (κ2) is 11.1. The molecule has 0 radical (unpaired) electrons. The zero-order valence-electron chi connectivity index (χ0n) is 18.4. The molecule has 1 N–H and O–H groups in total. The zero-order valence-corrected chi connectivity index (χ0v) is 19.9. The van der Waals surface area contributed by atoms with Gasteiger partial charge in [0.05, 0.1) is 6.10 Å². The highest BCUT2D eigenvalue weighted by atomic mass is 35.5. The highest BCUT2D eigenvalue weighted by molar-refractivity contribution is 6.35. The maximum Gasteiger partial charge on any atom is 0.318 e. The van der Waals surface area contributed by atoms with E-state index in [1.807, 2.05) is 44.2 Å². The number of halogens is 2. The van der Waals surface area contributed by atoms with E-state index in [2.05, 4.69) is 17.3 Å². The van der Waals surface area contributed by atoms with Gasteiger partial charge in [0.15, 0.2) is 0 Å². The van der Waals surface area contributed by atoms with Gasteiger partial charge in [-0.1, -0.05) is 41.4 Å². The van der Waals surface area contributed by atoms with Gasteiger partial charge in [0.25, 0.3) is 0 Å². The largest absolute Gasteiger partial charge is 0.491 e. The smallest absolute Gasteiger partial charge is 0.318 e. The summed E-state index contributed by atoms with van der Waals surface area (Å²) in [5.74, 6) is 0.821. The maximum atomic E-state index is 13.2. The van der Waals surface area contributed by atoms with Gasteiger partial charge in [0.1, 0.15) is 5.75 Å². The fourth-order valence-electron chi connectivity index (χ4n) is 3.64. The van der Waals surface area contributed by atoms with Crippen molar-refractivity contribution in [3.63, 3.8) is 0 Å². The predicted molar refractivity (Wildman–Crippen MR) is 127 cm³/mol. The average Bonchev–Trinajstić information content (AvgIpc) is 2.72. The molecule has 31 heavy (non-hydrogen) atoms. The molecule has 2 amide bonds. The summed E-state index contributed by atoms with van der Waals surface area (Å²) in [7, 11) is 2.11. The summed E-state index contributed by atoms with van der Waals surface area (Å²) in [5, 5.41) is 4.36. The van der Waals surface area contributed by atoms with Gasteiger partial charge in [-0.05, 0) is 82.2 Å². The third kappa shape index (κ3) is 7.30. The van der Waals surface area contributed by atoms with Crippen LogP contribution < -0.4 is 10.1 Å². The van der Waals surface area contributed by atoms with Crippen LogP contribution in [0, 0.1) is 0 Å². The molecule has 1 heterocycles. The molecule has 2 aromatic carbocycles. The fraction of sp³-hybridized carbons (Fsp3) is 0.458. The molecule has 1 saturated heterocycles. The van der Waals surface area contributed by atoms with E-state index in [0.29, 0.717) is 23.1 Å². The number of benzene rings is 2. The summed E-state index contributed by atoms with van der Waals surface area (Å²) < 4.78 is 5.73. The third-order valence-electron chi connectivity index (χ3n) is 5.38. The van der Waals surface area contributed by atoms with Crippen LogP contribution in [-0.2, 0) is 13.1 Å². The number of ether oxygens (including phenoxy) is 1. The van der Waals surface area contributed by atoms with Gasteiger partial charge in [-0.25, -0.2) is 4.79 Å². The molecule has 0 spiro atoms. The van der Waals surface area contributed by atoms with Gasteiger partial charge < -0.3 is 19.9 Å². The minimum atomic E-state index is -0.0805. The van der Waals surface area contributed by atoms with Crippen molar-refractivity contribution in [1.82, 2.24) is 15.1 Å². The van der Waals surface area contributed by atoms with Crippen molar-refractivity contribution < 1.29 is 9.53 Å². The zero-order chi connectivity index (χ0) is 22.4. The Bertz CT molecular complexity index is 866. The molecule has 2 aromatic rings. The number of urea groups is 1. The summed E-state index contributed by atoms with van der Waals surface area (Å²) in [6, 6.07) is 13.4. The average molecular weight is 464 g/mol. The molecular weight excluding hydrogens is 433 g/mol. The molecule has 7 heteroatoms. The molecule has 168 valence electrons. The van der Waals surface area contributed by atoms with E-state index < -0.39 is 0 Å². The van der Waals surface area contributed by atoms with Crippen LogP contribution in [0.15, 0.2) is 42.5 Å². The minimum absolute atomic E-state index is 0.0805. The molecule has 1 aliphatic rings. The molecule has 1 fully saturated rings. The normalized spacial score (nSPS) is 15.2. The van der Waals surface area contributed by atoms with E-state index in [4.69, 9.17) is 27.9 Å². The number of carbonyl (C=O) groups excluding carboxylic acids is 1. The first-order chi connectivity index (χ1) is 14.8. The summed E-state index contributed by atoms with van der Waals surface area (Å²) in [6.07, 6.45) is 2.03. The number of likely N-dealkylation sites (tertiary alicyclic amines) is 1. The topological polar surface area (TPSA) is 44.8 Å². The van der Waals surface area contributed by atoms with E-state index in [1.54, 1.807) is 17.0 Å². The molecule has 5 nitrogen and oxygen atoms in total. The van der Waals surface area contributed by atoms with Crippen molar-refractivity contribution in [3.05, 3.63) is 63.6 Å². The van der Waals surface area contributed by atoms with Gasteiger partial charge >= 0.3 is 6.03 Å². The predicted octanol–water partition coefficient (Wildman–Crippen LogP) is 5.59. The Morgan fingerprint density at radius 2 is 1.81 bits per heavy atom. The van der Waals surface area contributed by atoms with Crippen LogP contribution in [0.3, 0.4) is 0 Å². The van der Waals surface area contributed by atoms with Gasteiger partial charge in [-0.2, -0.15) is 0 Å². The maximum absolute atomic E-state index is 13.2. The molecule has 0 atom stereocenters. The lowest BCUT2D eigenvalue weighted by molar-refractivity contribution is 0.176. The Balaban J connectivity index is 1.73. The second-order valence-corrected chi connectivity index (χ2v) is 9.27. The van der Waals surface area contributed by atoms with Gasteiger partial charge in [0, 0.05) is 29.2 Å². The standard InChI is InChI=1S/C24H31Cl2N3O2/c1-17(2)31-22-8-4-18(5-9-22)15-29(16-19-6-7-20(25)14-23(19)26)24(30)27-21-10-12-28(3)13-11-21/h4-9,14,17,21H,10-13,15-16H2,1-3H3,(H,27,30). The summed E-state index contributed by atoms with van der Waals surface area (Å²) in [5.41, 5.74) is 1.89. The van der Waals surface area contributed by atoms with Crippen molar-refractivity contribution in [1.29, 1.82) is 0 Å². The van der Waals surface area contributed by atoms with Gasteiger partial charge in [-0.3, -0.25) is 0 Å². The number of amides is 2. The van der Waals surface area contributed by atoms with Crippen LogP contribution in [-0.4, -0.2) is 48.1 Å². The number of piperidine rings is 1. The molecule has 0 unspecified atom stereocenters. The number of hydrogen-bond donors (Lipinski definition) is 1. The molecule has 0 saturated carbocycles. The monoisotopic (exact) mass is 463 g/mol. The van der Waals surface area contributed by atoms with Crippen molar-refractivity contribution >= 4 is 29.2 Å². The van der Waals surface area contributed by atoms with Crippen LogP contribution in [0.5, 0.6) is 5.75 Å². The molecule has 3 rings (SSSR count). The highest BCUT2D eigenvalue weighted by Gasteiger charge is 2.22. The van der Waals surface area contributed by atoms with Crippen molar-refractivity contribution in [2.75, 3.05) is 20.1 Å². The Morgan fingerprint density at radius 1 is 1.13 bits per heavy atom. The van der Waals surface area contributed by atoms with Crippen LogP contribution >= 0.6 is 23.2 Å². The number of nitrogens with one attached hydrogen (secondary N) is 1. The van der Waals surface area contributed by atoms with Crippen LogP contribution in [0.25, 0.3) is 0 Å². The molecule has 0 aliphatic carbocycles. The Morgan fingerprint density at radius 3 is 2.42 bits per heavy atom. The Kier molecular flexibility index (Phi) is 8.47. The van der Waals surface area contributed by atoms with Crippen molar-refractivity contribution in [2.24, 2.45) is 0 Å². The second-order valence-electron chi connectivity index (χ2n) is 8.43. The van der Waals surface area contributed by atoms with Crippen LogP contribution in [0.1, 0.15) is 37.8 Å². The molecule has 0 aromatic heterocycles. The Hall–Kier alpha value is -1.95. The lowest BCUT2D eigenvalue weighted by atomic mass is 10.1. The van der Waals surface area contributed by atoms with Gasteiger partial charge in [-0.15, -0.1) is 0 Å². The van der Waals surface area contributed by atoms with E-state index in [0.717, 1.165) is 42.8 Å². The van der Waals surface area contributed by atoms with Crippen molar-refractivity contribution in [3.8, 4) is 5.75 Å². The number of nitrogens with zero attached hydrogens (tertiary/aromatic N) is 2. The summed E-state index contributed by atoms with van der Waals surface area (Å²) >= 11 is 12.4. The molecule has 0 bridgehead atoms. The molecular formula is C24H31Cl2N3O2. The lowest BCUT2D eigenvalue weighted by Crippen LogP contribution is -2.48. The minimum Gasteiger partial charge on any atom is -0.491 e. The van der Waals surface area contributed by atoms with Crippen LogP contribution in [0.2, 0.25) is 10.0 Å². The number of carbonyl (C=O) groups is 1. The first kappa shape index (κ1) is 23.7. The fourth-order valence-corrected chi connectivity index (χ4v) is 4.11. The van der Waals surface area contributed by atoms with E-state index >= 15 is 0 Å². The van der Waals surface area contributed by atoms with Crippen LogP contribution in [0.4, 0.5) is 4.79 Å². The summed E-state index contributed by atoms with van der Waals surface area (Å²) in [4.78, 5) is 17.3. The van der Waals surface area contributed by atoms with E-state index in [9.17, 15) is 4.79 Å². The van der Waals surface area contributed by atoms with E-state index in [1.165, 1.54) is 0 Å². The quantitative estimate of drug-likeness (QED) is 0.581. The first-order valence-electron chi connectivity index (χ1n) is 10.7. The third-order valence-corrected chi connectivity index (χ3v) is 5.97. The lowest BCUT2D eigenvalue weighted by Gasteiger charge is -2.32. The van der Waals surface area contributed by atoms with Gasteiger partial charge in [0.2, 0.25) is 0 Å². The first-order valence-corrected chi connectivity index (χ1v) is 11.5. The highest BCUT2D eigenvalue weighted by Crippen LogP contribution is 2.24. The number of rotatable bonds is 7. The van der Waals surface area contributed by atoms with E-state index in [-0.39, 0.29) is 18.2 Å². The SMILES string of the molecule is CC(C)Oc1ccc(CN(Cc2ccc(Cl)cc2Cl)C(=O)NC2CCN(C)CC2)cc1. The summed E-state index contributed by atoms with van der Waals surface area (Å²) in [6.45, 7) is 6.85. The van der Waals surface area contributed by atoms with Crippen molar-refractivity contribution in [2.45, 2.75) is 51.9 Å².